The third-order valence-corrected chi connectivity index (χ3v) is 5.49. The van der Waals surface area contributed by atoms with E-state index in [1.54, 1.807) is 23.7 Å². The second-order valence-corrected chi connectivity index (χ2v) is 7.27. The molecule has 0 saturated carbocycles. The number of rotatable bonds is 3. The van der Waals surface area contributed by atoms with Gasteiger partial charge in [0, 0.05) is 37.3 Å². The van der Waals surface area contributed by atoms with Crippen LogP contribution in [0.4, 0.5) is 4.39 Å². The average Bonchev–Trinajstić information content (AvgIpc) is 3.25. The van der Waals surface area contributed by atoms with Gasteiger partial charge in [0.1, 0.15) is 5.82 Å². The van der Waals surface area contributed by atoms with Gasteiger partial charge in [-0.05, 0) is 56.4 Å². The molecule has 1 aliphatic heterocycles. The Morgan fingerprint density at radius 3 is 2.52 bits per heavy atom. The van der Waals surface area contributed by atoms with Crippen LogP contribution in [0, 0.1) is 5.82 Å². The first-order valence-corrected chi connectivity index (χ1v) is 9.46. The summed E-state index contributed by atoms with van der Waals surface area (Å²) in [5.41, 5.74) is 3.28. The van der Waals surface area contributed by atoms with Crippen LogP contribution in [-0.2, 0) is 17.6 Å². The molecule has 27 heavy (non-hydrogen) atoms. The van der Waals surface area contributed by atoms with Gasteiger partial charge in [-0.3, -0.25) is 9.59 Å². The van der Waals surface area contributed by atoms with Crippen molar-refractivity contribution in [2.24, 2.45) is 0 Å². The van der Waals surface area contributed by atoms with Crippen LogP contribution in [0.5, 0.6) is 0 Å². The number of nitrogens with zero attached hydrogens (tertiary/aromatic N) is 3. The number of fused-ring (bicyclic) bond motifs is 1. The predicted octanol–water partition coefficient (Wildman–Crippen LogP) is 2.24. The van der Waals surface area contributed by atoms with E-state index in [-0.39, 0.29) is 23.7 Å². The fourth-order valence-electron chi connectivity index (χ4n) is 4.01. The summed E-state index contributed by atoms with van der Waals surface area (Å²) in [7, 11) is 0. The second kappa shape index (κ2) is 7.13. The van der Waals surface area contributed by atoms with Gasteiger partial charge in [0.05, 0.1) is 5.69 Å². The zero-order valence-electron chi connectivity index (χ0n) is 15.4. The molecule has 1 aromatic carbocycles. The lowest BCUT2D eigenvalue weighted by atomic mass is 10.0. The van der Waals surface area contributed by atoms with Gasteiger partial charge in [-0.2, -0.15) is 5.10 Å². The van der Waals surface area contributed by atoms with Crippen LogP contribution in [0.15, 0.2) is 24.3 Å². The molecule has 1 saturated heterocycles. The van der Waals surface area contributed by atoms with Crippen molar-refractivity contribution in [2.45, 2.75) is 45.1 Å². The molecule has 4 rings (SSSR count). The van der Waals surface area contributed by atoms with Crippen LogP contribution in [-0.4, -0.2) is 45.6 Å². The molecular formula is C20H23FN4O2. The van der Waals surface area contributed by atoms with E-state index in [1.807, 2.05) is 4.90 Å². The molecule has 0 atom stereocenters. The Morgan fingerprint density at radius 2 is 1.85 bits per heavy atom. The number of hydrogen-bond donors (Lipinski definition) is 1. The molecule has 2 aliphatic rings. The Kier molecular flexibility index (Phi) is 4.68. The van der Waals surface area contributed by atoms with E-state index in [2.05, 4.69) is 10.4 Å². The van der Waals surface area contributed by atoms with Crippen LogP contribution in [0.1, 0.15) is 47.9 Å². The number of halogens is 1. The summed E-state index contributed by atoms with van der Waals surface area (Å²) >= 11 is 0. The molecule has 6 nitrogen and oxygen atoms in total. The topological polar surface area (TPSA) is 67.2 Å². The molecule has 1 aromatic heterocycles. The highest BCUT2D eigenvalue weighted by Crippen LogP contribution is 2.28. The summed E-state index contributed by atoms with van der Waals surface area (Å²) in [5.74, 6) is -0.372. The monoisotopic (exact) mass is 370 g/mol. The van der Waals surface area contributed by atoms with Crippen LogP contribution in [0.3, 0.4) is 0 Å². The van der Waals surface area contributed by atoms with Crippen molar-refractivity contribution >= 4 is 11.8 Å². The van der Waals surface area contributed by atoms with E-state index in [4.69, 9.17) is 0 Å². The highest BCUT2D eigenvalue weighted by molar-refractivity contribution is 5.94. The van der Waals surface area contributed by atoms with Crippen LogP contribution >= 0.6 is 0 Å². The summed E-state index contributed by atoms with van der Waals surface area (Å²) in [6.45, 7) is 2.91. The van der Waals surface area contributed by atoms with Crippen molar-refractivity contribution in [3.05, 3.63) is 47.0 Å². The Balaban J connectivity index is 1.52. The number of hydrogen-bond acceptors (Lipinski definition) is 3. The lowest BCUT2D eigenvalue weighted by molar-refractivity contribution is -0.129. The maximum atomic E-state index is 13.2. The van der Waals surface area contributed by atoms with Crippen molar-refractivity contribution in [2.75, 3.05) is 13.1 Å². The number of carbonyl (C=O) groups excluding carboxylic acids is 2. The highest BCUT2D eigenvalue weighted by Gasteiger charge is 2.29. The minimum Gasteiger partial charge on any atom is -0.348 e. The van der Waals surface area contributed by atoms with Crippen molar-refractivity contribution in [3.8, 4) is 5.69 Å². The summed E-state index contributed by atoms with van der Waals surface area (Å²) in [6, 6.07) is 6.23. The number of amides is 2. The number of nitrogens with one attached hydrogen (secondary N) is 1. The fraction of sp³-hybridized carbons (Fsp3) is 0.450. The van der Waals surface area contributed by atoms with Gasteiger partial charge in [-0.25, -0.2) is 9.07 Å². The molecule has 1 aliphatic carbocycles. The largest absolute Gasteiger partial charge is 0.348 e. The third-order valence-electron chi connectivity index (χ3n) is 5.49. The minimum atomic E-state index is -0.294. The molecular weight excluding hydrogens is 347 g/mol. The smallest absolute Gasteiger partial charge is 0.272 e. The van der Waals surface area contributed by atoms with E-state index in [0.29, 0.717) is 18.8 Å². The van der Waals surface area contributed by atoms with E-state index in [0.717, 1.165) is 49.0 Å². The van der Waals surface area contributed by atoms with Crippen molar-refractivity contribution in [1.29, 1.82) is 0 Å². The van der Waals surface area contributed by atoms with Gasteiger partial charge in [0.15, 0.2) is 5.69 Å². The van der Waals surface area contributed by atoms with E-state index in [1.165, 1.54) is 12.1 Å². The first-order valence-electron chi connectivity index (χ1n) is 9.46. The van der Waals surface area contributed by atoms with Gasteiger partial charge in [-0.1, -0.05) is 0 Å². The lowest BCUT2D eigenvalue weighted by Gasteiger charge is -2.31. The van der Waals surface area contributed by atoms with E-state index in [9.17, 15) is 14.0 Å². The third kappa shape index (κ3) is 3.46. The lowest BCUT2D eigenvalue weighted by Crippen LogP contribution is -2.46. The maximum absolute atomic E-state index is 13.2. The standard InChI is InChI=1S/C20H23FN4O2/c1-13(26)24-11-9-15(10-12-24)22-20(27)19-17-3-2-4-18(17)25(23-19)16-7-5-14(21)6-8-16/h5-8,15H,2-4,9-12H2,1H3,(H,22,27). The van der Waals surface area contributed by atoms with Gasteiger partial charge < -0.3 is 10.2 Å². The zero-order valence-corrected chi connectivity index (χ0v) is 15.4. The van der Waals surface area contributed by atoms with Crippen LogP contribution in [0.2, 0.25) is 0 Å². The predicted molar refractivity (Wildman–Crippen MR) is 98.3 cm³/mol. The molecule has 142 valence electrons. The molecule has 1 N–H and O–H groups in total. The van der Waals surface area contributed by atoms with Gasteiger partial charge in [0.2, 0.25) is 5.91 Å². The summed E-state index contributed by atoms with van der Waals surface area (Å²) in [5, 5.41) is 7.64. The van der Waals surface area contributed by atoms with Crippen molar-refractivity contribution in [1.82, 2.24) is 20.0 Å². The first kappa shape index (κ1) is 17.7. The maximum Gasteiger partial charge on any atom is 0.272 e. The van der Waals surface area contributed by atoms with Crippen LogP contribution in [0.25, 0.3) is 5.69 Å². The van der Waals surface area contributed by atoms with Crippen molar-refractivity contribution in [3.63, 3.8) is 0 Å². The number of aromatic nitrogens is 2. The average molecular weight is 370 g/mol. The normalized spacial score (nSPS) is 17.0. The Morgan fingerprint density at radius 1 is 1.15 bits per heavy atom. The number of benzene rings is 1. The Labute approximate surface area is 157 Å². The van der Waals surface area contributed by atoms with Gasteiger partial charge >= 0.3 is 0 Å². The SMILES string of the molecule is CC(=O)N1CCC(NC(=O)c2nn(-c3ccc(F)cc3)c3c2CCC3)CC1. The fourth-order valence-corrected chi connectivity index (χ4v) is 4.01. The second-order valence-electron chi connectivity index (χ2n) is 7.27. The van der Waals surface area contributed by atoms with Gasteiger partial charge in [-0.15, -0.1) is 0 Å². The molecule has 0 unspecified atom stereocenters. The Hall–Kier alpha value is -2.70. The number of piperidine rings is 1. The van der Waals surface area contributed by atoms with Gasteiger partial charge in [0.25, 0.3) is 5.91 Å². The minimum absolute atomic E-state index is 0.0566. The van der Waals surface area contributed by atoms with E-state index < -0.39 is 0 Å². The summed E-state index contributed by atoms with van der Waals surface area (Å²) in [6.07, 6.45) is 4.20. The van der Waals surface area contributed by atoms with Crippen molar-refractivity contribution < 1.29 is 14.0 Å². The number of carbonyl (C=O) groups is 2. The molecule has 7 heteroatoms. The molecule has 2 heterocycles. The first-order chi connectivity index (χ1) is 13.0. The highest BCUT2D eigenvalue weighted by atomic mass is 19.1. The summed E-state index contributed by atoms with van der Waals surface area (Å²) in [4.78, 5) is 26.1. The number of likely N-dealkylation sites (tertiary alicyclic amines) is 1. The van der Waals surface area contributed by atoms with Crippen LogP contribution < -0.4 is 5.32 Å². The molecule has 0 radical (unpaired) electrons. The molecule has 2 aromatic rings. The molecule has 2 amide bonds. The summed E-state index contributed by atoms with van der Waals surface area (Å²) < 4.78 is 15.0. The Bertz CT molecular complexity index is 867. The molecule has 0 spiro atoms. The quantitative estimate of drug-likeness (QED) is 0.901. The molecule has 1 fully saturated rings. The molecule has 0 bridgehead atoms. The van der Waals surface area contributed by atoms with E-state index >= 15 is 0 Å². The zero-order chi connectivity index (χ0) is 19.0.